The summed E-state index contributed by atoms with van der Waals surface area (Å²) in [5.41, 5.74) is -3.79. The standard InChI is InChI=1S/C74H126N4O34/c1-69(2,3)111-67(82)78(68(83)112-70(4,5)6)74(49-96-40-34-90-28-22-84-19-25-87-31-37-93-46-55-61-58(105-71(7,8)108-61)52(43-102-55)75-13-16-99-64(75)79,50-97-41-35-91-29-23-85-20-26-88-32-38-94-47-56-62-59(106-72(9,10)109-62)53(44-103-56)76-14-17-100-65(76)80)51-98-42-36-92-30-24-86-21-27-89-33-39-95-48-57-63-60(107-73(11,12)110-63)54(45-104-57)77-15-18-101-66(77)81/h52-63H,13-51H2,1-12H3/t52-,53-,54-,55-,56-,57-,58-,59-,60-,61+,62+,63+/m1/s1. The highest BCUT2D eigenvalue weighted by Gasteiger charge is 2.58. The zero-order valence-electron chi connectivity index (χ0n) is 67.7. The molecule has 0 aromatic rings. The Hall–Kier alpha value is -4.41. The monoisotopic (exact) mass is 1610 g/mol. The van der Waals surface area contributed by atoms with Crippen LogP contribution in [0.15, 0.2) is 0 Å². The average molecular weight is 1620 g/mol. The molecule has 5 amide bonds. The van der Waals surface area contributed by atoms with Crippen LogP contribution in [0.5, 0.6) is 0 Å². The van der Waals surface area contributed by atoms with Crippen molar-refractivity contribution >= 4 is 30.5 Å². The third-order valence-electron chi connectivity index (χ3n) is 18.8. The number of cyclic esters (lactones) is 3. The minimum absolute atomic E-state index is 0.0235. The van der Waals surface area contributed by atoms with Crippen LogP contribution in [0.4, 0.5) is 24.0 Å². The van der Waals surface area contributed by atoms with Crippen molar-refractivity contribution in [2.45, 2.75) is 190 Å². The summed E-state index contributed by atoms with van der Waals surface area (Å²) < 4.78 is 172. The molecule has 646 valence electrons. The minimum Gasteiger partial charge on any atom is -0.448 e. The van der Waals surface area contributed by atoms with Crippen molar-refractivity contribution in [3.8, 4) is 0 Å². The molecule has 0 spiro atoms. The summed E-state index contributed by atoms with van der Waals surface area (Å²) in [7, 11) is 0. The maximum Gasteiger partial charge on any atom is 0.420 e. The first-order valence-corrected chi connectivity index (χ1v) is 39.3. The number of hydrogen-bond donors (Lipinski definition) is 0. The molecule has 9 saturated heterocycles. The van der Waals surface area contributed by atoms with Gasteiger partial charge in [0.25, 0.3) is 0 Å². The summed E-state index contributed by atoms with van der Waals surface area (Å²) in [5, 5.41) is 0. The molecule has 12 atom stereocenters. The maximum absolute atomic E-state index is 14.5. The minimum atomic E-state index is -1.70. The lowest BCUT2D eigenvalue weighted by molar-refractivity contribution is -0.161. The Balaban J connectivity index is 0.678. The fourth-order valence-electron chi connectivity index (χ4n) is 13.9. The number of carbonyl (C=O) groups excluding carboxylic acids is 5. The third-order valence-corrected chi connectivity index (χ3v) is 18.8. The third kappa shape index (κ3) is 29.0. The van der Waals surface area contributed by atoms with Gasteiger partial charge in [0.15, 0.2) is 17.4 Å². The molecule has 38 heteroatoms. The van der Waals surface area contributed by atoms with E-state index in [0.29, 0.717) is 119 Å². The van der Waals surface area contributed by atoms with Gasteiger partial charge in [-0.3, -0.25) is 14.7 Å². The molecular weight excluding hydrogens is 1490 g/mol. The predicted octanol–water partition coefficient (Wildman–Crippen LogP) is 3.37. The van der Waals surface area contributed by atoms with Crippen LogP contribution in [-0.4, -0.2) is 415 Å². The molecule has 0 unspecified atom stereocenters. The van der Waals surface area contributed by atoms with Gasteiger partial charge in [0, 0.05) is 0 Å². The number of carbonyl (C=O) groups is 5. The van der Waals surface area contributed by atoms with Crippen molar-refractivity contribution in [3.63, 3.8) is 0 Å². The van der Waals surface area contributed by atoms with Gasteiger partial charge in [-0.1, -0.05) is 0 Å². The number of fused-ring (bicyclic) bond motifs is 3. The lowest BCUT2D eigenvalue weighted by Crippen LogP contribution is -2.64. The maximum atomic E-state index is 14.5. The lowest BCUT2D eigenvalue weighted by Gasteiger charge is -2.42. The largest absolute Gasteiger partial charge is 0.448 e. The Morgan fingerprint density at radius 2 is 0.554 bits per heavy atom. The van der Waals surface area contributed by atoms with E-state index in [1.165, 1.54) is 0 Å². The number of nitrogens with zero attached hydrogens (tertiary/aromatic N) is 4. The van der Waals surface area contributed by atoms with Crippen molar-refractivity contribution in [2.75, 3.05) is 257 Å². The molecule has 9 aliphatic rings. The van der Waals surface area contributed by atoms with Gasteiger partial charge in [0.05, 0.1) is 256 Å². The van der Waals surface area contributed by atoms with Gasteiger partial charge in [-0.15, -0.1) is 0 Å². The van der Waals surface area contributed by atoms with Crippen LogP contribution >= 0.6 is 0 Å². The lowest BCUT2D eigenvalue weighted by atomic mass is 9.97. The quantitative estimate of drug-likeness (QED) is 0.0622. The highest BCUT2D eigenvalue weighted by Crippen LogP contribution is 2.41. The van der Waals surface area contributed by atoms with Crippen LogP contribution in [0, 0.1) is 0 Å². The van der Waals surface area contributed by atoms with Crippen molar-refractivity contribution in [3.05, 3.63) is 0 Å². The SMILES string of the molecule is CC(C)(C)OC(=O)N(C(=O)OC(C)(C)C)C(COCCOCCOCCOCCOC[C@H]1OC[C@@H](N2CCOC2=O)[C@H]2OC(C)(C)O[C@H]21)(COCCOCCOCCOCCOC[C@H]1OC[C@@H](N2CCOC2=O)[C@H]2OC(C)(C)O[C@H]21)COCCOCCOCCOCCOC[C@H]1OC[C@@H](N2CCOC2=O)[C@H]2OC(C)(C)O[C@H]21. The van der Waals surface area contributed by atoms with Crippen molar-refractivity contribution < 1.29 is 161 Å². The highest BCUT2D eigenvalue weighted by molar-refractivity contribution is 5.89. The topological polar surface area (TPSA) is 366 Å². The second-order valence-electron chi connectivity index (χ2n) is 31.3. The van der Waals surface area contributed by atoms with E-state index in [9.17, 15) is 24.0 Å². The van der Waals surface area contributed by atoms with E-state index in [-0.39, 0.29) is 193 Å². The summed E-state index contributed by atoms with van der Waals surface area (Å²) in [6, 6.07) is -0.981. The van der Waals surface area contributed by atoms with Gasteiger partial charge in [0.1, 0.15) is 91.5 Å². The first-order valence-electron chi connectivity index (χ1n) is 39.3. The van der Waals surface area contributed by atoms with Gasteiger partial charge in [0.2, 0.25) is 0 Å². The van der Waals surface area contributed by atoms with Crippen molar-refractivity contribution in [1.29, 1.82) is 0 Å². The van der Waals surface area contributed by atoms with Crippen molar-refractivity contribution in [1.82, 2.24) is 19.6 Å². The Morgan fingerprint density at radius 3 is 0.768 bits per heavy atom. The van der Waals surface area contributed by atoms with E-state index in [1.54, 1.807) is 56.2 Å². The van der Waals surface area contributed by atoms with Gasteiger partial charge in [-0.25, -0.2) is 24.0 Å². The van der Waals surface area contributed by atoms with Gasteiger partial charge < -0.3 is 137 Å². The van der Waals surface area contributed by atoms with Gasteiger partial charge >= 0.3 is 30.5 Å². The zero-order valence-corrected chi connectivity index (χ0v) is 67.7. The molecule has 0 N–H and O–H groups in total. The summed E-state index contributed by atoms with van der Waals surface area (Å²) >= 11 is 0. The second kappa shape index (κ2) is 45.0. The van der Waals surface area contributed by atoms with Crippen LogP contribution in [0.25, 0.3) is 0 Å². The summed E-state index contributed by atoms with van der Waals surface area (Å²) in [5.74, 6) is -2.55. The molecule has 0 aliphatic carbocycles. The molecule has 9 aliphatic heterocycles. The van der Waals surface area contributed by atoms with Crippen LogP contribution in [-0.2, 0) is 137 Å². The van der Waals surface area contributed by atoms with E-state index < -0.39 is 82.9 Å². The van der Waals surface area contributed by atoms with E-state index in [0.717, 1.165) is 4.90 Å². The molecule has 9 fully saturated rings. The van der Waals surface area contributed by atoms with E-state index >= 15 is 0 Å². The Morgan fingerprint density at radius 1 is 0.339 bits per heavy atom. The summed E-state index contributed by atoms with van der Waals surface area (Å²) in [6.45, 7) is 29.7. The first-order chi connectivity index (χ1) is 53.6. The molecule has 9 heterocycles. The smallest absolute Gasteiger partial charge is 0.420 e. The highest BCUT2D eigenvalue weighted by atomic mass is 16.8. The first kappa shape index (κ1) is 91.5. The fraction of sp³-hybridized carbons (Fsp3) is 0.932. The number of amides is 5. The molecule has 0 bridgehead atoms. The van der Waals surface area contributed by atoms with E-state index in [4.69, 9.17) is 137 Å². The van der Waals surface area contributed by atoms with Gasteiger partial charge in [-0.2, -0.15) is 4.90 Å². The van der Waals surface area contributed by atoms with Crippen LogP contribution in [0.1, 0.15) is 83.1 Å². The summed E-state index contributed by atoms with van der Waals surface area (Å²) in [4.78, 5) is 71.8. The van der Waals surface area contributed by atoms with Crippen LogP contribution in [0.2, 0.25) is 0 Å². The summed E-state index contributed by atoms with van der Waals surface area (Å²) in [6.07, 6.45) is -6.84. The molecule has 9 rings (SSSR count). The van der Waals surface area contributed by atoms with E-state index in [2.05, 4.69) is 0 Å². The number of ether oxygens (including phenoxy) is 29. The van der Waals surface area contributed by atoms with Crippen LogP contribution in [0.3, 0.4) is 0 Å². The molecule has 0 saturated carbocycles. The molecule has 0 aromatic carbocycles. The fourth-order valence-corrected chi connectivity index (χ4v) is 13.9. The van der Waals surface area contributed by atoms with Gasteiger partial charge in [-0.05, 0) is 83.1 Å². The normalized spacial score (nSPS) is 27.5. The number of hydrogen-bond acceptors (Lipinski definition) is 34. The molecule has 112 heavy (non-hydrogen) atoms. The van der Waals surface area contributed by atoms with Crippen LogP contribution < -0.4 is 0 Å². The molecule has 0 aromatic heterocycles. The Bertz CT molecular complexity index is 2530. The molecular formula is C74H126N4O34. The Labute approximate surface area is 656 Å². The predicted molar refractivity (Wildman–Crippen MR) is 386 cm³/mol. The zero-order chi connectivity index (χ0) is 80.2. The average Bonchev–Trinajstić information content (AvgIpc) is 1.63. The number of rotatable bonds is 52. The molecule has 38 nitrogen and oxygen atoms in total. The van der Waals surface area contributed by atoms with Crippen molar-refractivity contribution in [2.24, 2.45) is 0 Å². The number of imide groups is 1. The van der Waals surface area contributed by atoms with E-state index in [1.807, 2.05) is 41.5 Å². The second-order valence-corrected chi connectivity index (χ2v) is 31.3. The molecule has 0 radical (unpaired) electrons. The Kier molecular flexibility index (Phi) is 36.7.